The SMILES string of the molecule is O=C(N/N=C/c1cc(Br)ccc1OC(=O)c1ccccc1Cl)c1ccc(O)cc1O. The van der Waals surface area contributed by atoms with Crippen LogP contribution in [0, 0.1) is 0 Å². The van der Waals surface area contributed by atoms with E-state index >= 15 is 0 Å². The number of rotatable bonds is 5. The van der Waals surface area contributed by atoms with Crippen LogP contribution in [0.25, 0.3) is 0 Å². The number of phenolic OH excluding ortho intramolecular Hbond substituents is 2. The lowest BCUT2D eigenvalue weighted by Crippen LogP contribution is -2.18. The van der Waals surface area contributed by atoms with Gasteiger partial charge in [-0.2, -0.15) is 5.10 Å². The van der Waals surface area contributed by atoms with E-state index in [4.69, 9.17) is 16.3 Å². The topological polar surface area (TPSA) is 108 Å². The van der Waals surface area contributed by atoms with Gasteiger partial charge >= 0.3 is 5.97 Å². The summed E-state index contributed by atoms with van der Waals surface area (Å²) in [6, 6.07) is 14.9. The van der Waals surface area contributed by atoms with E-state index < -0.39 is 11.9 Å². The molecule has 7 nitrogen and oxygen atoms in total. The Balaban J connectivity index is 1.77. The largest absolute Gasteiger partial charge is 0.508 e. The monoisotopic (exact) mass is 488 g/mol. The van der Waals surface area contributed by atoms with E-state index in [2.05, 4.69) is 26.5 Å². The number of nitrogens with one attached hydrogen (secondary N) is 1. The van der Waals surface area contributed by atoms with Crippen molar-refractivity contribution in [3.63, 3.8) is 0 Å². The Morgan fingerprint density at radius 2 is 1.80 bits per heavy atom. The number of esters is 1. The molecule has 0 radical (unpaired) electrons. The van der Waals surface area contributed by atoms with Crippen LogP contribution >= 0.6 is 27.5 Å². The number of carbonyl (C=O) groups excluding carboxylic acids is 2. The molecule has 0 atom stereocenters. The molecule has 9 heteroatoms. The van der Waals surface area contributed by atoms with Crippen molar-refractivity contribution in [3.05, 3.63) is 86.8 Å². The molecule has 3 rings (SSSR count). The number of hydrazone groups is 1. The zero-order valence-corrected chi connectivity index (χ0v) is 17.5. The summed E-state index contributed by atoms with van der Waals surface area (Å²) in [4.78, 5) is 24.6. The molecular weight excluding hydrogens is 476 g/mol. The van der Waals surface area contributed by atoms with Crippen molar-refractivity contribution in [2.75, 3.05) is 0 Å². The molecule has 0 aliphatic carbocycles. The number of halogens is 2. The van der Waals surface area contributed by atoms with Gasteiger partial charge in [0.05, 0.1) is 22.4 Å². The first-order chi connectivity index (χ1) is 14.3. The molecule has 0 heterocycles. The maximum Gasteiger partial charge on any atom is 0.345 e. The lowest BCUT2D eigenvalue weighted by atomic mass is 10.2. The van der Waals surface area contributed by atoms with Gasteiger partial charge in [0.2, 0.25) is 0 Å². The van der Waals surface area contributed by atoms with E-state index in [0.717, 1.165) is 6.07 Å². The number of carbonyl (C=O) groups is 2. The van der Waals surface area contributed by atoms with Crippen LogP contribution in [0.2, 0.25) is 5.02 Å². The summed E-state index contributed by atoms with van der Waals surface area (Å²) < 4.78 is 6.12. The van der Waals surface area contributed by atoms with Gasteiger partial charge < -0.3 is 14.9 Å². The van der Waals surface area contributed by atoms with Crippen molar-refractivity contribution >= 4 is 45.6 Å². The van der Waals surface area contributed by atoms with Gasteiger partial charge in [0.15, 0.2) is 0 Å². The van der Waals surface area contributed by atoms with Crippen molar-refractivity contribution in [2.45, 2.75) is 0 Å². The van der Waals surface area contributed by atoms with Crippen molar-refractivity contribution in [2.24, 2.45) is 5.10 Å². The van der Waals surface area contributed by atoms with Gasteiger partial charge in [-0.15, -0.1) is 0 Å². The zero-order chi connectivity index (χ0) is 21.7. The van der Waals surface area contributed by atoms with Crippen molar-refractivity contribution in [1.82, 2.24) is 5.43 Å². The summed E-state index contributed by atoms with van der Waals surface area (Å²) in [6.45, 7) is 0. The molecular formula is C21H14BrClN2O5. The van der Waals surface area contributed by atoms with Gasteiger partial charge in [-0.25, -0.2) is 10.2 Å². The number of aromatic hydroxyl groups is 2. The Kier molecular flexibility index (Phi) is 6.71. The predicted molar refractivity (Wildman–Crippen MR) is 115 cm³/mol. The molecule has 3 aromatic carbocycles. The minimum Gasteiger partial charge on any atom is -0.508 e. The number of amides is 1. The molecule has 0 saturated heterocycles. The Morgan fingerprint density at radius 1 is 1.03 bits per heavy atom. The molecule has 30 heavy (non-hydrogen) atoms. The van der Waals surface area contributed by atoms with Gasteiger partial charge in [0.25, 0.3) is 5.91 Å². The minimum absolute atomic E-state index is 0.0652. The molecule has 0 unspecified atom stereocenters. The van der Waals surface area contributed by atoms with Crippen LogP contribution in [-0.4, -0.2) is 28.3 Å². The van der Waals surface area contributed by atoms with E-state index in [0.29, 0.717) is 10.0 Å². The van der Waals surface area contributed by atoms with Crippen LogP contribution in [-0.2, 0) is 0 Å². The summed E-state index contributed by atoms with van der Waals surface area (Å²) in [5.41, 5.74) is 2.81. The first-order valence-corrected chi connectivity index (χ1v) is 9.64. The highest BCUT2D eigenvalue weighted by Gasteiger charge is 2.15. The summed E-state index contributed by atoms with van der Waals surface area (Å²) in [7, 11) is 0. The van der Waals surface area contributed by atoms with Crippen LogP contribution in [0.15, 0.2) is 70.2 Å². The van der Waals surface area contributed by atoms with Gasteiger partial charge in [-0.1, -0.05) is 39.7 Å². The fourth-order valence-electron chi connectivity index (χ4n) is 2.43. The van der Waals surface area contributed by atoms with Crippen LogP contribution in [0.4, 0.5) is 0 Å². The quantitative estimate of drug-likeness (QED) is 0.212. The van der Waals surface area contributed by atoms with Crippen LogP contribution in [0.5, 0.6) is 17.2 Å². The normalized spacial score (nSPS) is 10.7. The highest BCUT2D eigenvalue weighted by atomic mass is 79.9. The second-order valence-electron chi connectivity index (χ2n) is 5.95. The lowest BCUT2D eigenvalue weighted by molar-refractivity contribution is 0.0734. The highest BCUT2D eigenvalue weighted by Crippen LogP contribution is 2.25. The van der Waals surface area contributed by atoms with Crippen molar-refractivity contribution in [3.8, 4) is 17.2 Å². The molecule has 152 valence electrons. The fourth-order valence-corrected chi connectivity index (χ4v) is 3.02. The van der Waals surface area contributed by atoms with E-state index in [1.165, 1.54) is 18.3 Å². The molecule has 0 saturated carbocycles. The number of hydrogen-bond donors (Lipinski definition) is 3. The Labute approximate surface area is 184 Å². The maximum atomic E-state index is 12.4. The number of benzene rings is 3. The number of nitrogens with zero attached hydrogens (tertiary/aromatic N) is 1. The van der Waals surface area contributed by atoms with Crippen LogP contribution < -0.4 is 10.2 Å². The van der Waals surface area contributed by atoms with Crippen LogP contribution in [0.1, 0.15) is 26.3 Å². The van der Waals surface area contributed by atoms with E-state index in [-0.39, 0.29) is 33.4 Å². The molecule has 0 aromatic heterocycles. The van der Waals surface area contributed by atoms with Gasteiger partial charge in [-0.3, -0.25) is 4.79 Å². The first kappa shape index (κ1) is 21.4. The molecule has 0 aliphatic heterocycles. The van der Waals surface area contributed by atoms with Gasteiger partial charge in [0, 0.05) is 16.1 Å². The second kappa shape index (κ2) is 9.43. The summed E-state index contributed by atoms with van der Waals surface area (Å²) in [5, 5.41) is 23.1. The molecule has 0 aliphatic rings. The number of ether oxygens (including phenoxy) is 1. The third-order valence-corrected chi connectivity index (χ3v) is 4.69. The maximum absolute atomic E-state index is 12.4. The van der Waals surface area contributed by atoms with E-state index in [9.17, 15) is 19.8 Å². The molecule has 1 amide bonds. The smallest absolute Gasteiger partial charge is 0.345 e. The third kappa shape index (κ3) is 5.16. The predicted octanol–water partition coefficient (Wildman–Crippen LogP) is 4.50. The number of phenols is 2. The average Bonchev–Trinajstić information content (AvgIpc) is 2.70. The fraction of sp³-hybridized carbons (Fsp3) is 0. The third-order valence-electron chi connectivity index (χ3n) is 3.86. The molecule has 0 spiro atoms. The standard InChI is InChI=1S/C21H14BrClN2O5/c22-13-5-8-19(30-21(29)15-3-1-2-4-17(15)23)12(9-13)11-24-25-20(28)16-7-6-14(26)10-18(16)27/h1-11,26-27H,(H,25,28)/b24-11+. The lowest BCUT2D eigenvalue weighted by Gasteiger charge is -2.09. The van der Waals surface area contributed by atoms with Crippen molar-refractivity contribution in [1.29, 1.82) is 0 Å². The van der Waals surface area contributed by atoms with Crippen molar-refractivity contribution < 1.29 is 24.5 Å². The highest BCUT2D eigenvalue weighted by molar-refractivity contribution is 9.10. The summed E-state index contributed by atoms with van der Waals surface area (Å²) in [5.74, 6) is -1.69. The van der Waals surface area contributed by atoms with Gasteiger partial charge in [-0.05, 0) is 42.5 Å². The average molecular weight is 490 g/mol. The Morgan fingerprint density at radius 3 is 2.53 bits per heavy atom. The zero-order valence-electron chi connectivity index (χ0n) is 15.2. The summed E-state index contributed by atoms with van der Waals surface area (Å²) in [6.07, 6.45) is 1.29. The summed E-state index contributed by atoms with van der Waals surface area (Å²) >= 11 is 9.36. The Hall–Kier alpha value is -3.36. The van der Waals surface area contributed by atoms with Crippen LogP contribution in [0.3, 0.4) is 0 Å². The molecule has 0 fully saturated rings. The first-order valence-electron chi connectivity index (χ1n) is 8.47. The Bertz CT molecular complexity index is 1150. The molecule has 3 N–H and O–H groups in total. The molecule has 3 aromatic rings. The van der Waals surface area contributed by atoms with Gasteiger partial charge in [0.1, 0.15) is 17.2 Å². The number of hydrogen-bond acceptors (Lipinski definition) is 6. The van der Waals surface area contributed by atoms with E-state index in [1.54, 1.807) is 42.5 Å². The van der Waals surface area contributed by atoms with E-state index in [1.807, 2.05) is 0 Å². The second-order valence-corrected chi connectivity index (χ2v) is 7.27. The molecule has 0 bridgehead atoms. The minimum atomic E-state index is -0.687.